The third-order valence-corrected chi connectivity index (χ3v) is 3.73. The number of nitro groups is 1. The van der Waals surface area contributed by atoms with E-state index in [1.165, 1.54) is 19.2 Å². The van der Waals surface area contributed by atoms with Gasteiger partial charge in [0.05, 0.1) is 24.7 Å². The summed E-state index contributed by atoms with van der Waals surface area (Å²) in [7, 11) is 1.38. The van der Waals surface area contributed by atoms with Crippen molar-refractivity contribution in [1.29, 1.82) is 0 Å². The van der Waals surface area contributed by atoms with Crippen molar-refractivity contribution < 1.29 is 19.2 Å². The maximum atomic E-state index is 12.5. The number of nitrogens with one attached hydrogen (secondary N) is 1. The number of hydrogen-bond donors (Lipinski definition) is 2. The van der Waals surface area contributed by atoms with Crippen LogP contribution in [0, 0.1) is 10.1 Å². The van der Waals surface area contributed by atoms with Gasteiger partial charge >= 0.3 is 0 Å². The highest BCUT2D eigenvalue weighted by molar-refractivity contribution is 5.99. The van der Waals surface area contributed by atoms with Crippen LogP contribution < -0.4 is 20.5 Å². The third-order valence-electron chi connectivity index (χ3n) is 3.73. The Bertz CT molecular complexity index is 786. The molecular weight excluding hydrogens is 374 g/mol. The Hall–Kier alpha value is -2.84. The van der Waals surface area contributed by atoms with Crippen LogP contribution in [0.25, 0.3) is 0 Å². The third kappa shape index (κ3) is 5.57. The summed E-state index contributed by atoms with van der Waals surface area (Å²) in [5, 5.41) is 14.0. The van der Waals surface area contributed by atoms with E-state index in [2.05, 4.69) is 5.32 Å². The standard InChI is InChI=1S/C18H21N3O5.ClH/c1-3-26-17-9-13(15(21(23)24)10-16(17)25-2)18(22)20-11-14(19)12-7-5-4-6-8-12;/h4-10,14H,3,11,19H2,1-2H3,(H,20,22);1H. The van der Waals surface area contributed by atoms with Crippen molar-refractivity contribution in [2.45, 2.75) is 13.0 Å². The fourth-order valence-corrected chi connectivity index (χ4v) is 2.43. The number of benzene rings is 2. The maximum Gasteiger partial charge on any atom is 0.286 e. The maximum absolute atomic E-state index is 12.5. The van der Waals surface area contributed by atoms with Crippen molar-refractivity contribution in [3.63, 3.8) is 0 Å². The average molecular weight is 396 g/mol. The molecule has 0 heterocycles. The first-order chi connectivity index (χ1) is 12.5. The fourth-order valence-electron chi connectivity index (χ4n) is 2.43. The molecule has 2 aromatic rings. The summed E-state index contributed by atoms with van der Waals surface area (Å²) < 4.78 is 10.5. The molecule has 0 fully saturated rings. The van der Waals surface area contributed by atoms with Gasteiger partial charge in [-0.15, -0.1) is 12.4 Å². The van der Waals surface area contributed by atoms with Crippen molar-refractivity contribution in [3.8, 4) is 11.5 Å². The number of amides is 1. The van der Waals surface area contributed by atoms with Crippen LogP contribution in [0.2, 0.25) is 0 Å². The lowest BCUT2D eigenvalue weighted by molar-refractivity contribution is -0.385. The molecule has 0 bridgehead atoms. The van der Waals surface area contributed by atoms with Crippen molar-refractivity contribution in [1.82, 2.24) is 5.32 Å². The Morgan fingerprint density at radius 2 is 1.93 bits per heavy atom. The van der Waals surface area contributed by atoms with Crippen molar-refractivity contribution in [2.75, 3.05) is 20.3 Å². The number of carbonyl (C=O) groups is 1. The van der Waals surface area contributed by atoms with Gasteiger partial charge in [0, 0.05) is 18.7 Å². The zero-order valence-electron chi connectivity index (χ0n) is 15.0. The van der Waals surface area contributed by atoms with E-state index >= 15 is 0 Å². The second-order valence-electron chi connectivity index (χ2n) is 5.44. The first kappa shape index (κ1) is 22.2. The predicted molar refractivity (Wildman–Crippen MR) is 104 cm³/mol. The summed E-state index contributed by atoms with van der Waals surface area (Å²) in [5.74, 6) is -0.152. The minimum atomic E-state index is -0.635. The number of halogens is 1. The smallest absolute Gasteiger partial charge is 0.286 e. The van der Waals surface area contributed by atoms with E-state index in [1.807, 2.05) is 30.3 Å². The Kier molecular flexibility index (Phi) is 8.50. The number of nitrogens with zero attached hydrogens (tertiary/aromatic N) is 1. The molecule has 0 aliphatic carbocycles. The molecule has 1 amide bonds. The number of methoxy groups -OCH3 is 1. The van der Waals surface area contributed by atoms with Gasteiger partial charge in [-0.25, -0.2) is 0 Å². The summed E-state index contributed by atoms with van der Waals surface area (Å²) >= 11 is 0. The van der Waals surface area contributed by atoms with Gasteiger partial charge in [0.25, 0.3) is 11.6 Å². The van der Waals surface area contributed by atoms with E-state index in [9.17, 15) is 14.9 Å². The number of carbonyl (C=O) groups excluding carboxylic acids is 1. The second kappa shape index (κ2) is 10.3. The average Bonchev–Trinajstić information content (AvgIpc) is 2.66. The highest BCUT2D eigenvalue weighted by atomic mass is 35.5. The van der Waals surface area contributed by atoms with Crippen LogP contribution in [-0.2, 0) is 0 Å². The van der Waals surface area contributed by atoms with Crippen molar-refractivity contribution in [2.24, 2.45) is 5.73 Å². The van der Waals surface area contributed by atoms with Gasteiger partial charge < -0.3 is 20.5 Å². The number of ether oxygens (including phenoxy) is 2. The molecule has 1 unspecified atom stereocenters. The molecule has 0 spiro atoms. The Labute approximate surface area is 163 Å². The number of hydrogen-bond acceptors (Lipinski definition) is 6. The summed E-state index contributed by atoms with van der Waals surface area (Å²) in [6.45, 7) is 2.23. The van der Waals surface area contributed by atoms with E-state index in [-0.39, 0.29) is 41.7 Å². The Morgan fingerprint density at radius 3 is 2.48 bits per heavy atom. The van der Waals surface area contributed by atoms with E-state index in [1.54, 1.807) is 6.92 Å². The summed E-state index contributed by atoms with van der Waals surface area (Å²) in [4.78, 5) is 23.2. The molecule has 27 heavy (non-hydrogen) atoms. The van der Waals surface area contributed by atoms with Gasteiger partial charge in [-0.2, -0.15) is 0 Å². The molecule has 0 aromatic heterocycles. The van der Waals surface area contributed by atoms with Crippen LogP contribution in [0.15, 0.2) is 42.5 Å². The Morgan fingerprint density at radius 1 is 1.26 bits per heavy atom. The lowest BCUT2D eigenvalue weighted by Crippen LogP contribution is -2.32. The molecule has 0 radical (unpaired) electrons. The predicted octanol–water partition coefficient (Wildman–Crippen LogP) is 2.85. The van der Waals surface area contributed by atoms with Crippen LogP contribution in [-0.4, -0.2) is 31.1 Å². The van der Waals surface area contributed by atoms with Gasteiger partial charge in [-0.05, 0) is 12.5 Å². The number of nitro benzene ring substituents is 1. The SMILES string of the molecule is CCOc1cc(C(=O)NCC(N)c2ccccc2)c([N+](=O)[O-])cc1OC.Cl. The molecule has 0 aliphatic heterocycles. The topological polar surface area (TPSA) is 117 Å². The zero-order valence-corrected chi connectivity index (χ0v) is 15.8. The minimum Gasteiger partial charge on any atom is -0.493 e. The van der Waals surface area contributed by atoms with E-state index in [0.717, 1.165) is 5.56 Å². The lowest BCUT2D eigenvalue weighted by atomic mass is 10.1. The van der Waals surface area contributed by atoms with E-state index in [4.69, 9.17) is 15.2 Å². The molecule has 8 nitrogen and oxygen atoms in total. The van der Waals surface area contributed by atoms with Crippen molar-refractivity contribution >= 4 is 24.0 Å². The number of rotatable bonds is 8. The first-order valence-electron chi connectivity index (χ1n) is 8.05. The largest absolute Gasteiger partial charge is 0.493 e. The van der Waals surface area contributed by atoms with Crippen LogP contribution >= 0.6 is 12.4 Å². The molecule has 0 aliphatic rings. The monoisotopic (exact) mass is 395 g/mol. The normalized spacial score (nSPS) is 11.1. The zero-order chi connectivity index (χ0) is 19.1. The first-order valence-corrected chi connectivity index (χ1v) is 8.05. The fraction of sp³-hybridized carbons (Fsp3) is 0.278. The Balaban J connectivity index is 0.00000364. The lowest BCUT2D eigenvalue weighted by Gasteiger charge is -2.14. The summed E-state index contributed by atoms with van der Waals surface area (Å²) in [6.07, 6.45) is 0. The van der Waals surface area contributed by atoms with Crippen LogP contribution in [0.3, 0.4) is 0 Å². The molecule has 3 N–H and O–H groups in total. The van der Waals surface area contributed by atoms with Crippen LogP contribution in [0.1, 0.15) is 28.9 Å². The highest BCUT2D eigenvalue weighted by Crippen LogP contribution is 2.34. The van der Waals surface area contributed by atoms with Gasteiger partial charge in [0.2, 0.25) is 0 Å². The van der Waals surface area contributed by atoms with Gasteiger partial charge in [0.1, 0.15) is 5.56 Å². The minimum absolute atomic E-state index is 0. The molecule has 9 heteroatoms. The van der Waals surface area contributed by atoms with Gasteiger partial charge in [-0.1, -0.05) is 30.3 Å². The van der Waals surface area contributed by atoms with E-state index < -0.39 is 16.9 Å². The molecular formula is C18H22ClN3O5. The summed E-state index contributed by atoms with van der Waals surface area (Å²) in [6, 6.07) is 11.3. The van der Waals surface area contributed by atoms with Crippen LogP contribution in [0.4, 0.5) is 5.69 Å². The molecule has 0 saturated heterocycles. The molecule has 2 aromatic carbocycles. The molecule has 146 valence electrons. The van der Waals surface area contributed by atoms with Crippen molar-refractivity contribution in [3.05, 3.63) is 63.7 Å². The van der Waals surface area contributed by atoms with Crippen LogP contribution in [0.5, 0.6) is 11.5 Å². The number of nitrogens with two attached hydrogens (primary N) is 1. The molecule has 1 atom stereocenters. The second-order valence-corrected chi connectivity index (χ2v) is 5.44. The van der Waals surface area contributed by atoms with Gasteiger partial charge in [0.15, 0.2) is 11.5 Å². The highest BCUT2D eigenvalue weighted by Gasteiger charge is 2.25. The van der Waals surface area contributed by atoms with Gasteiger partial charge in [-0.3, -0.25) is 14.9 Å². The summed E-state index contributed by atoms with van der Waals surface area (Å²) in [5.41, 5.74) is 6.43. The quantitative estimate of drug-likeness (QED) is 0.524. The molecule has 2 rings (SSSR count). The molecule has 0 saturated carbocycles. The van der Waals surface area contributed by atoms with E-state index in [0.29, 0.717) is 6.61 Å².